The zero-order chi connectivity index (χ0) is 12.1. The van der Waals surface area contributed by atoms with Gasteiger partial charge in [0.2, 0.25) is 0 Å². The maximum absolute atomic E-state index is 11.6. The summed E-state index contributed by atoms with van der Waals surface area (Å²) in [6.45, 7) is 0.266. The van der Waals surface area contributed by atoms with E-state index < -0.39 is 0 Å². The fourth-order valence-corrected chi connectivity index (χ4v) is 1.39. The van der Waals surface area contributed by atoms with Crippen molar-refractivity contribution in [3.05, 3.63) is 36.2 Å². The van der Waals surface area contributed by atoms with E-state index in [1.807, 2.05) is 30.3 Å². The summed E-state index contributed by atoms with van der Waals surface area (Å²) >= 11 is 0. The minimum atomic E-state index is 0.0295. The first-order valence-electron chi connectivity index (χ1n) is 5.27. The van der Waals surface area contributed by atoms with E-state index in [2.05, 4.69) is 20.7 Å². The molecule has 6 nitrogen and oxygen atoms in total. The third-order valence-corrected chi connectivity index (χ3v) is 2.17. The van der Waals surface area contributed by atoms with E-state index in [9.17, 15) is 4.79 Å². The standard InChI is InChI=1S/C11H13N5O/c1-16-14-11(13-15-16)7-10(17)8-12-9-5-3-2-4-6-9/h2-6,12H,7-8H2,1H3. The number of hydrogen-bond donors (Lipinski definition) is 1. The van der Waals surface area contributed by atoms with Crippen molar-refractivity contribution in [1.29, 1.82) is 0 Å². The highest BCUT2D eigenvalue weighted by Crippen LogP contribution is 2.04. The Morgan fingerprint density at radius 1 is 1.35 bits per heavy atom. The molecule has 0 spiro atoms. The van der Waals surface area contributed by atoms with Gasteiger partial charge in [-0.15, -0.1) is 10.2 Å². The van der Waals surface area contributed by atoms with Gasteiger partial charge in [-0.1, -0.05) is 18.2 Å². The second kappa shape index (κ2) is 5.20. The van der Waals surface area contributed by atoms with E-state index in [-0.39, 0.29) is 18.7 Å². The van der Waals surface area contributed by atoms with Crippen molar-refractivity contribution >= 4 is 11.5 Å². The van der Waals surface area contributed by atoms with Crippen molar-refractivity contribution in [2.75, 3.05) is 11.9 Å². The van der Waals surface area contributed by atoms with Gasteiger partial charge in [0.15, 0.2) is 11.6 Å². The van der Waals surface area contributed by atoms with Gasteiger partial charge in [-0.2, -0.15) is 4.80 Å². The Morgan fingerprint density at radius 3 is 2.76 bits per heavy atom. The monoisotopic (exact) mass is 231 g/mol. The molecule has 1 aromatic heterocycles. The molecule has 1 heterocycles. The molecule has 0 radical (unpaired) electrons. The number of anilines is 1. The Balaban J connectivity index is 1.82. The average molecular weight is 231 g/mol. The molecule has 88 valence electrons. The van der Waals surface area contributed by atoms with E-state index >= 15 is 0 Å². The van der Waals surface area contributed by atoms with Gasteiger partial charge >= 0.3 is 0 Å². The van der Waals surface area contributed by atoms with E-state index in [1.165, 1.54) is 4.80 Å². The summed E-state index contributed by atoms with van der Waals surface area (Å²) in [5.41, 5.74) is 0.924. The summed E-state index contributed by atoms with van der Waals surface area (Å²) in [6.07, 6.45) is 0.202. The number of para-hydroxylation sites is 1. The zero-order valence-electron chi connectivity index (χ0n) is 9.50. The van der Waals surface area contributed by atoms with Crippen molar-refractivity contribution in [2.24, 2.45) is 7.05 Å². The molecule has 2 aromatic rings. The first-order valence-corrected chi connectivity index (χ1v) is 5.27. The molecule has 0 bridgehead atoms. The zero-order valence-corrected chi connectivity index (χ0v) is 9.50. The lowest BCUT2D eigenvalue weighted by atomic mass is 10.2. The van der Waals surface area contributed by atoms with E-state index in [1.54, 1.807) is 7.05 Å². The Kier molecular flexibility index (Phi) is 3.44. The number of hydrogen-bond acceptors (Lipinski definition) is 5. The molecule has 0 unspecified atom stereocenters. The largest absolute Gasteiger partial charge is 0.378 e. The minimum Gasteiger partial charge on any atom is -0.378 e. The van der Waals surface area contributed by atoms with Crippen LogP contribution >= 0.6 is 0 Å². The fraction of sp³-hybridized carbons (Fsp3) is 0.273. The van der Waals surface area contributed by atoms with Crippen molar-refractivity contribution in [3.63, 3.8) is 0 Å². The molecule has 6 heteroatoms. The maximum atomic E-state index is 11.6. The van der Waals surface area contributed by atoms with Gasteiger partial charge in [0.25, 0.3) is 0 Å². The molecule has 1 N–H and O–H groups in total. The molecule has 0 amide bonds. The Labute approximate surface area is 98.6 Å². The molecule has 0 aliphatic carbocycles. The predicted octanol–water partition coefficient (Wildman–Crippen LogP) is 0.434. The first kappa shape index (κ1) is 11.3. The SMILES string of the molecule is Cn1nnc(CC(=O)CNc2ccccc2)n1. The molecule has 0 aliphatic rings. The summed E-state index contributed by atoms with van der Waals surface area (Å²) in [5, 5.41) is 14.4. The second-order valence-electron chi connectivity index (χ2n) is 3.63. The van der Waals surface area contributed by atoms with Gasteiger partial charge in [-0.3, -0.25) is 4.79 Å². The van der Waals surface area contributed by atoms with Crippen molar-refractivity contribution in [3.8, 4) is 0 Å². The average Bonchev–Trinajstić information content (AvgIpc) is 2.73. The lowest BCUT2D eigenvalue weighted by Crippen LogP contribution is -2.16. The number of benzene rings is 1. The highest BCUT2D eigenvalue weighted by atomic mass is 16.1. The highest BCUT2D eigenvalue weighted by molar-refractivity contribution is 5.84. The Morgan fingerprint density at radius 2 is 2.12 bits per heavy atom. The highest BCUT2D eigenvalue weighted by Gasteiger charge is 2.07. The second-order valence-corrected chi connectivity index (χ2v) is 3.63. The van der Waals surface area contributed by atoms with Crippen LogP contribution in [0.4, 0.5) is 5.69 Å². The summed E-state index contributed by atoms with van der Waals surface area (Å²) in [6, 6.07) is 9.58. The third-order valence-electron chi connectivity index (χ3n) is 2.17. The molecular formula is C11H13N5O. The number of tetrazole rings is 1. The van der Waals surface area contributed by atoms with E-state index in [4.69, 9.17) is 0 Å². The number of nitrogens with one attached hydrogen (secondary N) is 1. The minimum absolute atomic E-state index is 0.0295. The van der Waals surface area contributed by atoms with Crippen LogP contribution in [0.25, 0.3) is 0 Å². The van der Waals surface area contributed by atoms with Crippen LogP contribution in [0.5, 0.6) is 0 Å². The fourth-order valence-electron chi connectivity index (χ4n) is 1.39. The van der Waals surface area contributed by atoms with E-state index in [0.717, 1.165) is 5.69 Å². The molecule has 17 heavy (non-hydrogen) atoms. The number of aromatic nitrogens is 4. The number of rotatable bonds is 5. The summed E-state index contributed by atoms with van der Waals surface area (Å²) in [7, 11) is 1.67. The van der Waals surface area contributed by atoms with Crippen LogP contribution < -0.4 is 5.32 Å². The van der Waals surface area contributed by atoms with Crippen molar-refractivity contribution < 1.29 is 4.79 Å². The number of ketones is 1. The topological polar surface area (TPSA) is 72.7 Å². The number of carbonyl (C=O) groups excluding carboxylic acids is 1. The van der Waals surface area contributed by atoms with Crippen LogP contribution in [0.3, 0.4) is 0 Å². The third kappa shape index (κ3) is 3.37. The number of aryl methyl sites for hydroxylation is 1. The normalized spacial score (nSPS) is 10.2. The summed E-state index contributed by atoms with van der Waals surface area (Å²) in [4.78, 5) is 13.0. The number of Topliss-reactive ketones (excluding diaryl/α,β-unsaturated/α-hetero) is 1. The first-order chi connectivity index (χ1) is 8.24. The molecule has 0 saturated carbocycles. The molecule has 0 fully saturated rings. The van der Waals surface area contributed by atoms with E-state index in [0.29, 0.717) is 5.82 Å². The van der Waals surface area contributed by atoms with Gasteiger partial charge in [-0.25, -0.2) is 0 Å². The smallest absolute Gasteiger partial charge is 0.182 e. The van der Waals surface area contributed by atoms with Gasteiger partial charge in [0, 0.05) is 5.69 Å². The van der Waals surface area contributed by atoms with Crippen LogP contribution in [0, 0.1) is 0 Å². The molecule has 0 saturated heterocycles. The van der Waals surface area contributed by atoms with Gasteiger partial charge in [-0.05, 0) is 17.3 Å². The lowest BCUT2D eigenvalue weighted by molar-refractivity contribution is -0.116. The summed E-state index contributed by atoms with van der Waals surface area (Å²) in [5.74, 6) is 0.481. The molecule has 1 aromatic carbocycles. The Hall–Kier alpha value is -2.24. The van der Waals surface area contributed by atoms with Crippen LogP contribution in [0.15, 0.2) is 30.3 Å². The van der Waals surface area contributed by atoms with Crippen LogP contribution in [-0.4, -0.2) is 32.5 Å². The van der Waals surface area contributed by atoms with Gasteiger partial charge < -0.3 is 5.32 Å². The molecule has 2 rings (SSSR count). The summed E-state index contributed by atoms with van der Waals surface area (Å²) < 4.78 is 0. The maximum Gasteiger partial charge on any atom is 0.182 e. The molecule has 0 atom stereocenters. The lowest BCUT2D eigenvalue weighted by Gasteiger charge is -2.03. The van der Waals surface area contributed by atoms with Crippen molar-refractivity contribution in [2.45, 2.75) is 6.42 Å². The van der Waals surface area contributed by atoms with Crippen LogP contribution in [0.2, 0.25) is 0 Å². The Bertz CT molecular complexity index is 494. The molecular weight excluding hydrogens is 218 g/mol. The van der Waals surface area contributed by atoms with Crippen LogP contribution in [-0.2, 0) is 18.3 Å². The van der Waals surface area contributed by atoms with Gasteiger partial charge in [0.1, 0.15) is 0 Å². The number of nitrogens with zero attached hydrogens (tertiary/aromatic N) is 4. The predicted molar refractivity (Wildman–Crippen MR) is 62.4 cm³/mol. The van der Waals surface area contributed by atoms with Gasteiger partial charge in [0.05, 0.1) is 20.0 Å². The van der Waals surface area contributed by atoms with Crippen molar-refractivity contribution in [1.82, 2.24) is 20.2 Å². The molecule has 0 aliphatic heterocycles. The number of carbonyl (C=O) groups is 1. The van der Waals surface area contributed by atoms with Crippen LogP contribution in [0.1, 0.15) is 5.82 Å². The quantitative estimate of drug-likeness (QED) is 0.808.